The molecule has 6 nitrogen and oxygen atoms in total. The van der Waals surface area contributed by atoms with Gasteiger partial charge in [-0.2, -0.15) is 0 Å². The van der Waals surface area contributed by atoms with Crippen LogP contribution in [0.3, 0.4) is 0 Å². The zero-order chi connectivity index (χ0) is 20.7. The van der Waals surface area contributed by atoms with Crippen LogP contribution in [-0.2, 0) is 19.6 Å². The summed E-state index contributed by atoms with van der Waals surface area (Å²) in [6.07, 6.45) is 7.34. The van der Waals surface area contributed by atoms with E-state index in [0.717, 1.165) is 42.9 Å². The summed E-state index contributed by atoms with van der Waals surface area (Å²) >= 11 is 0. The molecular formula is C23H25FN4O2. The largest absolute Gasteiger partial charge is 0.472 e. The fraction of sp³-hybridized carbons (Fsp3) is 0.391. The van der Waals surface area contributed by atoms with Gasteiger partial charge in [0, 0.05) is 61.7 Å². The van der Waals surface area contributed by atoms with E-state index in [2.05, 4.69) is 20.9 Å². The molecule has 5 heterocycles. The molecule has 1 fully saturated rings. The molecule has 0 radical (unpaired) electrons. The van der Waals surface area contributed by atoms with Crippen molar-refractivity contribution in [1.29, 1.82) is 0 Å². The van der Waals surface area contributed by atoms with Crippen molar-refractivity contribution in [3.63, 3.8) is 0 Å². The van der Waals surface area contributed by atoms with Crippen LogP contribution in [0.25, 0.3) is 0 Å². The van der Waals surface area contributed by atoms with E-state index in [1.54, 1.807) is 24.8 Å². The minimum atomic E-state index is -0.286. The van der Waals surface area contributed by atoms with E-state index >= 15 is 0 Å². The Morgan fingerprint density at radius 1 is 1.20 bits per heavy atom. The van der Waals surface area contributed by atoms with Gasteiger partial charge in [-0.15, -0.1) is 0 Å². The Balaban J connectivity index is 1.37. The summed E-state index contributed by atoms with van der Waals surface area (Å²) in [7, 11) is 2.01. The summed E-state index contributed by atoms with van der Waals surface area (Å²) in [6, 6.07) is 7.74. The number of anilines is 1. The average Bonchev–Trinajstić information content (AvgIpc) is 3.23. The summed E-state index contributed by atoms with van der Waals surface area (Å²) in [5, 5.41) is 0. The topological polar surface area (TPSA) is 54.5 Å². The molecule has 2 atom stereocenters. The van der Waals surface area contributed by atoms with Crippen molar-refractivity contribution in [3.05, 3.63) is 82.2 Å². The van der Waals surface area contributed by atoms with Gasteiger partial charge in [0.2, 0.25) is 0 Å². The fourth-order valence-electron chi connectivity index (χ4n) is 4.97. The molecule has 0 spiro atoms. The van der Waals surface area contributed by atoms with E-state index in [0.29, 0.717) is 24.7 Å². The van der Waals surface area contributed by atoms with Crippen LogP contribution in [0, 0.1) is 11.7 Å². The standard InChI is InChI=1S/C23H25FN4O2/c1-26(10-16-5-7-30-15-16)13-18-2-3-21-19-8-17(12-28(21)23(18)29)11-27(14-19)22-4-6-25-9-20(22)24/h2-7,9,15,17,19H,8,10-14H2,1H3/t17-,19+/m0/s1. The van der Waals surface area contributed by atoms with E-state index in [-0.39, 0.29) is 17.3 Å². The third kappa shape index (κ3) is 3.54. The van der Waals surface area contributed by atoms with Gasteiger partial charge in [-0.1, -0.05) is 6.07 Å². The first-order valence-electron chi connectivity index (χ1n) is 10.3. The molecule has 3 aromatic rings. The summed E-state index contributed by atoms with van der Waals surface area (Å²) in [5.74, 6) is 0.279. The highest BCUT2D eigenvalue weighted by Crippen LogP contribution is 2.37. The van der Waals surface area contributed by atoms with Gasteiger partial charge in [0.1, 0.15) is 0 Å². The van der Waals surface area contributed by atoms with Gasteiger partial charge in [0.05, 0.1) is 24.4 Å². The lowest BCUT2D eigenvalue weighted by Gasteiger charge is -2.44. The molecule has 0 N–H and O–H groups in total. The molecule has 1 saturated heterocycles. The Morgan fingerprint density at radius 2 is 2.10 bits per heavy atom. The molecule has 0 saturated carbocycles. The van der Waals surface area contributed by atoms with Gasteiger partial charge in [-0.05, 0) is 37.6 Å². The lowest BCUT2D eigenvalue weighted by Crippen LogP contribution is -2.48. The van der Waals surface area contributed by atoms with Crippen molar-refractivity contribution >= 4 is 5.69 Å². The van der Waals surface area contributed by atoms with Gasteiger partial charge in [0.25, 0.3) is 5.56 Å². The summed E-state index contributed by atoms with van der Waals surface area (Å²) in [4.78, 5) is 21.3. The van der Waals surface area contributed by atoms with Crippen molar-refractivity contribution in [2.75, 3.05) is 25.0 Å². The minimum absolute atomic E-state index is 0.102. The van der Waals surface area contributed by atoms with Crippen LogP contribution < -0.4 is 10.5 Å². The van der Waals surface area contributed by atoms with Crippen LogP contribution >= 0.6 is 0 Å². The van der Waals surface area contributed by atoms with Crippen LogP contribution in [0.5, 0.6) is 0 Å². The molecule has 3 aromatic heterocycles. The van der Waals surface area contributed by atoms with Gasteiger partial charge < -0.3 is 13.9 Å². The number of piperidine rings is 1. The van der Waals surface area contributed by atoms with E-state index < -0.39 is 0 Å². The Labute approximate surface area is 174 Å². The lowest BCUT2D eigenvalue weighted by atomic mass is 9.82. The van der Waals surface area contributed by atoms with Crippen molar-refractivity contribution < 1.29 is 8.81 Å². The normalized spacial score (nSPS) is 20.4. The van der Waals surface area contributed by atoms with Crippen LogP contribution in [0.1, 0.15) is 29.2 Å². The molecule has 30 heavy (non-hydrogen) atoms. The molecule has 2 aliphatic rings. The van der Waals surface area contributed by atoms with E-state index in [1.165, 1.54) is 6.20 Å². The zero-order valence-electron chi connectivity index (χ0n) is 17.0. The lowest BCUT2D eigenvalue weighted by molar-refractivity contribution is 0.275. The molecule has 0 aromatic carbocycles. The number of hydrogen-bond donors (Lipinski definition) is 0. The number of pyridine rings is 2. The third-order valence-electron chi connectivity index (χ3n) is 6.25. The molecule has 5 rings (SSSR count). The second-order valence-corrected chi connectivity index (χ2v) is 8.53. The van der Waals surface area contributed by atoms with E-state index in [4.69, 9.17) is 4.42 Å². The van der Waals surface area contributed by atoms with Crippen LogP contribution in [-0.4, -0.2) is 34.6 Å². The first-order chi connectivity index (χ1) is 14.6. The molecule has 2 bridgehead atoms. The number of halogens is 1. The SMILES string of the molecule is CN(Cc1ccoc1)Cc1ccc2n(c1=O)C[C@H]1C[C@@H]2CN(c2ccncc2F)C1. The Bertz CT molecular complexity index is 1090. The molecular weight excluding hydrogens is 383 g/mol. The number of fused-ring (bicyclic) bond motifs is 4. The van der Waals surface area contributed by atoms with E-state index in [9.17, 15) is 9.18 Å². The van der Waals surface area contributed by atoms with Gasteiger partial charge in [-0.25, -0.2) is 4.39 Å². The Hall–Kier alpha value is -2.93. The van der Waals surface area contributed by atoms with Crippen molar-refractivity contribution in [2.45, 2.75) is 32.0 Å². The smallest absolute Gasteiger partial charge is 0.255 e. The molecule has 0 aliphatic carbocycles. The molecule has 0 unspecified atom stereocenters. The number of furan rings is 1. The maximum atomic E-state index is 14.3. The highest BCUT2D eigenvalue weighted by atomic mass is 19.1. The van der Waals surface area contributed by atoms with Crippen molar-refractivity contribution in [3.8, 4) is 0 Å². The van der Waals surface area contributed by atoms with Crippen molar-refractivity contribution in [1.82, 2.24) is 14.5 Å². The molecule has 2 aliphatic heterocycles. The van der Waals surface area contributed by atoms with Crippen LogP contribution in [0.2, 0.25) is 0 Å². The second-order valence-electron chi connectivity index (χ2n) is 8.53. The van der Waals surface area contributed by atoms with Gasteiger partial charge in [0.15, 0.2) is 5.82 Å². The van der Waals surface area contributed by atoms with Crippen LogP contribution in [0.15, 0.2) is 58.4 Å². The first-order valence-corrected chi connectivity index (χ1v) is 10.3. The minimum Gasteiger partial charge on any atom is -0.472 e. The Kier molecular flexibility index (Phi) is 4.90. The monoisotopic (exact) mass is 408 g/mol. The number of aromatic nitrogens is 2. The molecule has 0 amide bonds. The highest BCUT2D eigenvalue weighted by molar-refractivity contribution is 5.47. The maximum absolute atomic E-state index is 14.3. The van der Waals surface area contributed by atoms with Gasteiger partial charge in [-0.3, -0.25) is 14.7 Å². The quantitative estimate of drug-likeness (QED) is 0.649. The predicted molar refractivity (Wildman–Crippen MR) is 112 cm³/mol. The van der Waals surface area contributed by atoms with Crippen molar-refractivity contribution in [2.24, 2.45) is 5.92 Å². The Morgan fingerprint density at radius 3 is 2.90 bits per heavy atom. The van der Waals surface area contributed by atoms with Crippen LogP contribution in [0.4, 0.5) is 10.1 Å². The highest BCUT2D eigenvalue weighted by Gasteiger charge is 2.35. The second kappa shape index (κ2) is 7.72. The number of rotatable bonds is 5. The predicted octanol–water partition coefficient (Wildman–Crippen LogP) is 3.23. The maximum Gasteiger partial charge on any atom is 0.255 e. The fourth-order valence-corrected chi connectivity index (χ4v) is 4.97. The molecule has 156 valence electrons. The zero-order valence-corrected chi connectivity index (χ0v) is 17.0. The van der Waals surface area contributed by atoms with Gasteiger partial charge >= 0.3 is 0 Å². The summed E-state index contributed by atoms with van der Waals surface area (Å²) < 4.78 is 21.3. The average molecular weight is 408 g/mol. The summed E-state index contributed by atoms with van der Waals surface area (Å²) in [6.45, 7) is 3.49. The number of nitrogens with zero attached hydrogens (tertiary/aromatic N) is 4. The molecule has 7 heteroatoms. The first kappa shape index (κ1) is 19.1. The third-order valence-corrected chi connectivity index (χ3v) is 6.25. The summed E-state index contributed by atoms with van der Waals surface area (Å²) in [5.41, 5.74) is 3.67. The number of hydrogen-bond acceptors (Lipinski definition) is 5. The van der Waals surface area contributed by atoms with E-state index in [1.807, 2.05) is 23.7 Å².